The number of benzene rings is 2. The minimum atomic E-state index is -3.50. The SMILES string of the molecule is CCOc1ccc(C(=O)N2CC(S(=O)(=O)c3ccc(Cl)cc3)C2)cc1OCC. The summed E-state index contributed by atoms with van der Waals surface area (Å²) in [6.07, 6.45) is 0. The van der Waals surface area contributed by atoms with Gasteiger partial charge in [0, 0.05) is 23.7 Å². The minimum Gasteiger partial charge on any atom is -0.490 e. The van der Waals surface area contributed by atoms with E-state index in [0.29, 0.717) is 35.3 Å². The van der Waals surface area contributed by atoms with Gasteiger partial charge in [-0.05, 0) is 56.3 Å². The van der Waals surface area contributed by atoms with E-state index in [1.54, 1.807) is 30.3 Å². The van der Waals surface area contributed by atoms with Crippen LogP contribution in [0.15, 0.2) is 47.4 Å². The molecule has 0 unspecified atom stereocenters. The van der Waals surface area contributed by atoms with E-state index in [0.717, 1.165) is 0 Å². The van der Waals surface area contributed by atoms with E-state index in [1.807, 2.05) is 13.8 Å². The number of hydrogen-bond donors (Lipinski definition) is 0. The van der Waals surface area contributed by atoms with Gasteiger partial charge in [0.15, 0.2) is 21.3 Å². The van der Waals surface area contributed by atoms with E-state index in [2.05, 4.69) is 0 Å². The molecule has 1 heterocycles. The van der Waals surface area contributed by atoms with E-state index in [4.69, 9.17) is 21.1 Å². The van der Waals surface area contributed by atoms with Crippen molar-refractivity contribution in [1.82, 2.24) is 4.90 Å². The number of nitrogens with zero attached hydrogens (tertiary/aromatic N) is 1. The number of hydrogen-bond acceptors (Lipinski definition) is 5. The normalized spacial score (nSPS) is 14.5. The highest BCUT2D eigenvalue weighted by Gasteiger charge is 2.40. The minimum absolute atomic E-state index is 0.154. The van der Waals surface area contributed by atoms with Gasteiger partial charge >= 0.3 is 0 Å². The zero-order chi connectivity index (χ0) is 20.3. The van der Waals surface area contributed by atoms with Crippen LogP contribution in [-0.2, 0) is 9.84 Å². The second-order valence-corrected chi connectivity index (χ2v) is 9.02. The van der Waals surface area contributed by atoms with Crippen LogP contribution in [0.4, 0.5) is 0 Å². The van der Waals surface area contributed by atoms with Crippen LogP contribution >= 0.6 is 11.6 Å². The van der Waals surface area contributed by atoms with E-state index in [9.17, 15) is 13.2 Å². The summed E-state index contributed by atoms with van der Waals surface area (Å²) >= 11 is 5.82. The number of likely N-dealkylation sites (tertiary alicyclic amines) is 1. The molecule has 28 heavy (non-hydrogen) atoms. The first kappa shape index (κ1) is 20.5. The average molecular weight is 424 g/mol. The summed E-state index contributed by atoms with van der Waals surface area (Å²) in [4.78, 5) is 14.5. The Hall–Kier alpha value is -2.25. The summed E-state index contributed by atoms with van der Waals surface area (Å²) in [5, 5.41) is -0.142. The smallest absolute Gasteiger partial charge is 0.254 e. The maximum Gasteiger partial charge on any atom is 0.254 e. The molecule has 1 fully saturated rings. The van der Waals surface area contributed by atoms with Gasteiger partial charge in [-0.3, -0.25) is 4.79 Å². The third kappa shape index (κ3) is 4.10. The van der Waals surface area contributed by atoms with Gasteiger partial charge in [-0.2, -0.15) is 0 Å². The largest absolute Gasteiger partial charge is 0.490 e. The van der Waals surface area contributed by atoms with Gasteiger partial charge in [0.1, 0.15) is 5.25 Å². The molecule has 0 spiro atoms. The fourth-order valence-electron chi connectivity index (χ4n) is 2.98. The monoisotopic (exact) mass is 423 g/mol. The summed E-state index contributed by atoms with van der Waals surface area (Å²) in [5.41, 5.74) is 0.439. The molecule has 150 valence electrons. The lowest BCUT2D eigenvalue weighted by atomic mass is 10.1. The van der Waals surface area contributed by atoms with Crippen LogP contribution in [0.3, 0.4) is 0 Å². The summed E-state index contributed by atoms with van der Waals surface area (Å²) in [6.45, 7) is 4.97. The van der Waals surface area contributed by atoms with Crippen molar-refractivity contribution in [3.8, 4) is 11.5 Å². The Morgan fingerprint density at radius 1 is 1.04 bits per heavy atom. The summed E-state index contributed by atoms with van der Waals surface area (Å²) < 4.78 is 36.4. The molecule has 0 saturated carbocycles. The third-order valence-corrected chi connectivity index (χ3v) is 6.86. The van der Waals surface area contributed by atoms with Crippen LogP contribution in [0.1, 0.15) is 24.2 Å². The van der Waals surface area contributed by atoms with Gasteiger partial charge in [0.05, 0.1) is 18.1 Å². The number of sulfone groups is 1. The highest BCUT2D eigenvalue weighted by atomic mass is 35.5. The van der Waals surface area contributed by atoms with Crippen LogP contribution < -0.4 is 9.47 Å². The van der Waals surface area contributed by atoms with Gasteiger partial charge in [0.2, 0.25) is 0 Å². The van der Waals surface area contributed by atoms with Crippen LogP contribution in [0, 0.1) is 0 Å². The molecule has 0 aromatic heterocycles. The predicted molar refractivity (Wildman–Crippen MR) is 107 cm³/mol. The number of carbonyl (C=O) groups is 1. The Morgan fingerprint density at radius 3 is 2.25 bits per heavy atom. The lowest BCUT2D eigenvalue weighted by molar-refractivity contribution is 0.0658. The number of halogens is 1. The molecular formula is C20H22ClNO5S. The molecule has 0 bridgehead atoms. The van der Waals surface area contributed by atoms with Gasteiger partial charge in [0.25, 0.3) is 5.91 Å². The lowest BCUT2D eigenvalue weighted by Gasteiger charge is -2.38. The number of ether oxygens (including phenoxy) is 2. The van der Waals surface area contributed by atoms with Crippen molar-refractivity contribution in [2.75, 3.05) is 26.3 Å². The highest BCUT2D eigenvalue weighted by Crippen LogP contribution is 2.31. The molecule has 3 rings (SSSR count). The van der Waals surface area contributed by atoms with Crippen molar-refractivity contribution < 1.29 is 22.7 Å². The first-order valence-electron chi connectivity index (χ1n) is 9.05. The van der Waals surface area contributed by atoms with Crippen LogP contribution in [-0.4, -0.2) is 50.8 Å². The van der Waals surface area contributed by atoms with Gasteiger partial charge in [-0.15, -0.1) is 0 Å². The molecule has 0 atom stereocenters. The lowest BCUT2D eigenvalue weighted by Crippen LogP contribution is -2.56. The first-order valence-corrected chi connectivity index (χ1v) is 11.0. The molecule has 1 aliphatic rings. The van der Waals surface area contributed by atoms with E-state index in [-0.39, 0.29) is 23.9 Å². The molecule has 2 aromatic rings. The molecule has 1 aliphatic heterocycles. The van der Waals surface area contributed by atoms with Gasteiger partial charge in [-0.1, -0.05) is 11.6 Å². The maximum absolute atomic E-state index is 12.7. The van der Waals surface area contributed by atoms with Gasteiger partial charge < -0.3 is 14.4 Å². The molecule has 6 nitrogen and oxygen atoms in total. The second-order valence-electron chi connectivity index (χ2n) is 6.36. The summed E-state index contributed by atoms with van der Waals surface area (Å²) in [5.74, 6) is 0.848. The quantitative estimate of drug-likeness (QED) is 0.682. The highest BCUT2D eigenvalue weighted by molar-refractivity contribution is 7.92. The summed E-state index contributed by atoms with van der Waals surface area (Å²) in [6, 6.07) is 11.1. The second kappa shape index (κ2) is 8.41. The predicted octanol–water partition coefficient (Wildman–Crippen LogP) is 3.44. The maximum atomic E-state index is 12.7. The molecule has 8 heteroatoms. The van der Waals surface area contributed by atoms with Crippen molar-refractivity contribution in [3.05, 3.63) is 53.1 Å². The standard InChI is InChI=1S/C20H22ClNO5S/c1-3-26-18-10-5-14(11-19(18)27-4-2)20(23)22-12-17(13-22)28(24,25)16-8-6-15(21)7-9-16/h5-11,17H,3-4,12-13H2,1-2H3. The van der Waals surface area contributed by atoms with Crippen molar-refractivity contribution in [3.63, 3.8) is 0 Å². The molecule has 0 N–H and O–H groups in total. The van der Waals surface area contributed by atoms with Crippen LogP contribution in [0.5, 0.6) is 11.5 Å². The molecule has 1 amide bonds. The number of rotatable bonds is 7. The number of amides is 1. The van der Waals surface area contributed by atoms with Crippen molar-refractivity contribution in [2.45, 2.75) is 24.0 Å². The van der Waals surface area contributed by atoms with E-state index in [1.165, 1.54) is 17.0 Å². The zero-order valence-corrected chi connectivity index (χ0v) is 17.3. The molecular weight excluding hydrogens is 402 g/mol. The van der Waals surface area contributed by atoms with Gasteiger partial charge in [-0.25, -0.2) is 8.42 Å². The average Bonchev–Trinajstić information content (AvgIpc) is 2.62. The fourth-order valence-corrected chi connectivity index (χ4v) is 4.76. The topological polar surface area (TPSA) is 72.9 Å². The molecule has 0 radical (unpaired) electrons. The van der Waals surface area contributed by atoms with Crippen molar-refractivity contribution in [2.24, 2.45) is 0 Å². The fraction of sp³-hybridized carbons (Fsp3) is 0.350. The van der Waals surface area contributed by atoms with Crippen LogP contribution in [0.2, 0.25) is 5.02 Å². The molecule has 2 aromatic carbocycles. The van der Waals surface area contributed by atoms with Crippen molar-refractivity contribution >= 4 is 27.3 Å². The Labute approximate surface area is 169 Å². The Balaban J connectivity index is 1.71. The van der Waals surface area contributed by atoms with Crippen molar-refractivity contribution in [1.29, 1.82) is 0 Å². The Bertz CT molecular complexity index is 953. The number of carbonyl (C=O) groups excluding carboxylic acids is 1. The van der Waals surface area contributed by atoms with Crippen LogP contribution in [0.25, 0.3) is 0 Å². The van der Waals surface area contributed by atoms with E-state index >= 15 is 0 Å². The Morgan fingerprint density at radius 2 is 1.64 bits per heavy atom. The molecule has 0 aliphatic carbocycles. The first-order chi connectivity index (χ1) is 13.4. The zero-order valence-electron chi connectivity index (χ0n) is 15.7. The van der Waals surface area contributed by atoms with E-state index < -0.39 is 15.1 Å². The third-order valence-electron chi connectivity index (χ3n) is 4.51. The molecule has 1 saturated heterocycles. The Kier molecular flexibility index (Phi) is 6.15. The summed E-state index contributed by atoms with van der Waals surface area (Å²) in [7, 11) is -3.50.